The number of rotatable bonds is 4. The van der Waals surface area contributed by atoms with E-state index in [0.717, 1.165) is 37.6 Å². The molecule has 0 spiro atoms. The first kappa shape index (κ1) is 15.0. The van der Waals surface area contributed by atoms with Gasteiger partial charge in [0, 0.05) is 42.6 Å². The molecule has 1 N–H and O–H groups in total. The summed E-state index contributed by atoms with van der Waals surface area (Å²) in [5, 5.41) is 7.70. The van der Waals surface area contributed by atoms with E-state index in [2.05, 4.69) is 34.7 Å². The van der Waals surface area contributed by atoms with Crippen molar-refractivity contribution in [3.05, 3.63) is 50.9 Å². The van der Waals surface area contributed by atoms with Crippen molar-refractivity contribution in [1.29, 1.82) is 0 Å². The Hall–Kier alpha value is -0.940. The van der Waals surface area contributed by atoms with Crippen LogP contribution in [-0.4, -0.2) is 29.5 Å². The Kier molecular flexibility index (Phi) is 4.91. The lowest BCUT2D eigenvalue weighted by Gasteiger charge is -2.36. The first-order valence-electron chi connectivity index (χ1n) is 7.39. The molecular formula is C16H20ClN3S. The number of aryl methyl sites for hydroxylation is 1. The van der Waals surface area contributed by atoms with Crippen LogP contribution in [0.3, 0.4) is 0 Å². The van der Waals surface area contributed by atoms with E-state index in [1.165, 1.54) is 16.3 Å². The third kappa shape index (κ3) is 3.64. The minimum Gasteiger partial charge on any atom is -0.314 e. The van der Waals surface area contributed by atoms with Crippen molar-refractivity contribution in [2.75, 3.05) is 19.6 Å². The van der Waals surface area contributed by atoms with E-state index in [1.54, 1.807) is 11.3 Å². The topological polar surface area (TPSA) is 28.2 Å². The van der Waals surface area contributed by atoms with Crippen molar-refractivity contribution in [2.24, 2.45) is 0 Å². The van der Waals surface area contributed by atoms with Crippen molar-refractivity contribution in [1.82, 2.24) is 15.2 Å². The molecule has 1 saturated heterocycles. The van der Waals surface area contributed by atoms with Crippen molar-refractivity contribution >= 4 is 22.9 Å². The van der Waals surface area contributed by atoms with Gasteiger partial charge in [0.15, 0.2) is 0 Å². The fourth-order valence-corrected chi connectivity index (χ4v) is 3.70. The van der Waals surface area contributed by atoms with Crippen LogP contribution < -0.4 is 5.32 Å². The van der Waals surface area contributed by atoms with Crippen molar-refractivity contribution in [3.63, 3.8) is 0 Å². The molecule has 1 aromatic heterocycles. The smallest absolute Gasteiger partial charge is 0.0926 e. The van der Waals surface area contributed by atoms with Gasteiger partial charge >= 0.3 is 0 Å². The van der Waals surface area contributed by atoms with Crippen LogP contribution in [0.15, 0.2) is 29.6 Å². The first-order chi connectivity index (χ1) is 10.3. The van der Waals surface area contributed by atoms with E-state index in [-0.39, 0.29) is 0 Å². The molecule has 2 heterocycles. The molecule has 1 aliphatic heterocycles. The summed E-state index contributed by atoms with van der Waals surface area (Å²) in [5.74, 6) is 0. The van der Waals surface area contributed by atoms with Crippen LogP contribution in [0.5, 0.6) is 0 Å². The summed E-state index contributed by atoms with van der Waals surface area (Å²) in [6.45, 7) is 6.10. The van der Waals surface area contributed by atoms with E-state index in [4.69, 9.17) is 16.6 Å². The molecule has 1 aliphatic rings. The Balaban J connectivity index is 1.78. The molecular weight excluding hydrogens is 302 g/mol. The Morgan fingerprint density at radius 1 is 1.48 bits per heavy atom. The van der Waals surface area contributed by atoms with Gasteiger partial charge in [-0.1, -0.05) is 30.7 Å². The Labute approximate surface area is 135 Å². The summed E-state index contributed by atoms with van der Waals surface area (Å²) in [4.78, 5) is 7.20. The maximum Gasteiger partial charge on any atom is 0.0926 e. The number of benzene rings is 1. The number of aromatic nitrogens is 1. The second-order valence-corrected chi connectivity index (χ2v) is 6.71. The van der Waals surface area contributed by atoms with E-state index in [0.29, 0.717) is 6.04 Å². The highest BCUT2D eigenvalue weighted by atomic mass is 35.5. The van der Waals surface area contributed by atoms with Gasteiger partial charge in [0.05, 0.1) is 10.7 Å². The Bertz CT molecular complexity index is 599. The molecule has 1 aromatic carbocycles. The highest BCUT2D eigenvalue weighted by molar-refractivity contribution is 7.09. The maximum atomic E-state index is 6.14. The Morgan fingerprint density at radius 3 is 3.14 bits per heavy atom. The number of halogens is 1. The van der Waals surface area contributed by atoms with Gasteiger partial charge in [0.2, 0.25) is 0 Å². The standard InChI is InChI=1S/C16H20ClN3S/c1-2-16-19-14(11-21-16)10-20-7-6-18-9-15(20)12-4-3-5-13(17)8-12/h3-5,8,11,15,18H,2,6-7,9-10H2,1H3. The molecule has 0 amide bonds. The van der Waals surface area contributed by atoms with E-state index in [1.807, 2.05) is 12.1 Å². The lowest BCUT2D eigenvalue weighted by Crippen LogP contribution is -2.45. The molecule has 1 unspecified atom stereocenters. The van der Waals surface area contributed by atoms with Crippen LogP contribution in [0.1, 0.15) is 29.2 Å². The molecule has 5 heteroatoms. The van der Waals surface area contributed by atoms with Gasteiger partial charge in [0.1, 0.15) is 0 Å². The number of hydrogen-bond donors (Lipinski definition) is 1. The molecule has 2 aromatic rings. The van der Waals surface area contributed by atoms with Crippen molar-refractivity contribution in [3.8, 4) is 0 Å². The average molecular weight is 322 g/mol. The number of nitrogens with one attached hydrogen (secondary N) is 1. The largest absolute Gasteiger partial charge is 0.314 e. The fourth-order valence-electron chi connectivity index (χ4n) is 2.77. The molecule has 0 bridgehead atoms. The highest BCUT2D eigenvalue weighted by Crippen LogP contribution is 2.26. The molecule has 0 saturated carbocycles. The monoisotopic (exact) mass is 321 g/mol. The highest BCUT2D eigenvalue weighted by Gasteiger charge is 2.24. The normalized spacial score (nSPS) is 19.8. The van der Waals surface area contributed by atoms with Crippen LogP contribution in [0.4, 0.5) is 0 Å². The predicted octanol–water partition coefficient (Wildman–Crippen LogP) is 3.51. The quantitative estimate of drug-likeness (QED) is 0.934. The molecule has 0 aliphatic carbocycles. The second kappa shape index (κ2) is 6.88. The van der Waals surface area contributed by atoms with Crippen LogP contribution in [0, 0.1) is 0 Å². The van der Waals surface area contributed by atoms with Gasteiger partial charge in [0.25, 0.3) is 0 Å². The fraction of sp³-hybridized carbons (Fsp3) is 0.438. The molecule has 1 atom stereocenters. The number of piperazine rings is 1. The lowest BCUT2D eigenvalue weighted by molar-refractivity contribution is 0.152. The summed E-state index contributed by atoms with van der Waals surface area (Å²) in [6.07, 6.45) is 1.02. The van der Waals surface area contributed by atoms with Crippen LogP contribution in [-0.2, 0) is 13.0 Å². The van der Waals surface area contributed by atoms with Gasteiger partial charge in [-0.25, -0.2) is 4.98 Å². The Morgan fingerprint density at radius 2 is 2.38 bits per heavy atom. The van der Waals surface area contributed by atoms with Gasteiger partial charge < -0.3 is 5.32 Å². The zero-order chi connectivity index (χ0) is 14.7. The number of hydrogen-bond acceptors (Lipinski definition) is 4. The van der Waals surface area contributed by atoms with Crippen LogP contribution >= 0.6 is 22.9 Å². The predicted molar refractivity (Wildman–Crippen MR) is 89.0 cm³/mol. The van der Waals surface area contributed by atoms with Crippen LogP contribution in [0.25, 0.3) is 0 Å². The maximum absolute atomic E-state index is 6.14. The van der Waals surface area contributed by atoms with Crippen LogP contribution in [0.2, 0.25) is 5.02 Å². The first-order valence-corrected chi connectivity index (χ1v) is 8.65. The average Bonchev–Trinajstić information content (AvgIpc) is 2.95. The van der Waals surface area contributed by atoms with E-state index >= 15 is 0 Å². The summed E-state index contributed by atoms with van der Waals surface area (Å²) < 4.78 is 0. The third-order valence-electron chi connectivity index (χ3n) is 3.85. The van der Waals surface area contributed by atoms with Gasteiger partial charge in [-0.15, -0.1) is 11.3 Å². The molecule has 112 valence electrons. The summed E-state index contributed by atoms with van der Waals surface area (Å²) in [6, 6.07) is 8.56. The van der Waals surface area contributed by atoms with Crippen molar-refractivity contribution < 1.29 is 0 Å². The zero-order valence-electron chi connectivity index (χ0n) is 12.2. The summed E-state index contributed by atoms with van der Waals surface area (Å²) in [5.41, 5.74) is 2.46. The van der Waals surface area contributed by atoms with E-state index < -0.39 is 0 Å². The molecule has 0 radical (unpaired) electrons. The van der Waals surface area contributed by atoms with Gasteiger partial charge in [-0.3, -0.25) is 4.90 Å². The number of nitrogens with zero attached hydrogens (tertiary/aromatic N) is 2. The molecule has 21 heavy (non-hydrogen) atoms. The lowest BCUT2D eigenvalue weighted by atomic mass is 10.0. The van der Waals surface area contributed by atoms with E-state index in [9.17, 15) is 0 Å². The summed E-state index contributed by atoms with van der Waals surface area (Å²) in [7, 11) is 0. The molecule has 3 rings (SSSR count). The molecule has 3 nitrogen and oxygen atoms in total. The SMILES string of the molecule is CCc1nc(CN2CCNCC2c2cccc(Cl)c2)cs1. The number of thiazole rings is 1. The zero-order valence-corrected chi connectivity index (χ0v) is 13.8. The second-order valence-electron chi connectivity index (χ2n) is 5.33. The molecule has 1 fully saturated rings. The van der Waals surface area contributed by atoms with Gasteiger partial charge in [-0.05, 0) is 24.1 Å². The van der Waals surface area contributed by atoms with Crippen molar-refractivity contribution in [2.45, 2.75) is 25.9 Å². The van der Waals surface area contributed by atoms with Gasteiger partial charge in [-0.2, -0.15) is 0 Å². The third-order valence-corrected chi connectivity index (χ3v) is 5.13. The minimum absolute atomic E-state index is 0.365. The minimum atomic E-state index is 0.365. The summed E-state index contributed by atoms with van der Waals surface area (Å²) >= 11 is 7.91.